The van der Waals surface area contributed by atoms with E-state index in [1.165, 1.54) is 11.8 Å². The normalized spacial score (nSPS) is 19.2. The average Bonchev–Trinajstić information content (AvgIpc) is 2.45. The first-order chi connectivity index (χ1) is 9.84. The van der Waals surface area contributed by atoms with E-state index in [2.05, 4.69) is 0 Å². The molecule has 1 aliphatic rings. The number of carbonyl (C=O) groups is 1. The highest BCUT2D eigenvalue weighted by Gasteiger charge is 2.38. The van der Waals surface area contributed by atoms with E-state index in [4.69, 9.17) is 5.26 Å². The molecule has 0 radical (unpaired) electrons. The van der Waals surface area contributed by atoms with Crippen LogP contribution in [0, 0.1) is 17.1 Å². The van der Waals surface area contributed by atoms with Gasteiger partial charge in [-0.1, -0.05) is 0 Å². The minimum atomic E-state index is -4.83. The zero-order valence-electron chi connectivity index (χ0n) is 10.7. The Morgan fingerprint density at radius 1 is 1.43 bits per heavy atom. The SMILES string of the molecule is N#C[C@@H]1CSCCN1C(=O)c1ccc(F)cc1C(F)(F)F. The van der Waals surface area contributed by atoms with Crippen LogP contribution < -0.4 is 0 Å². The Morgan fingerprint density at radius 2 is 2.14 bits per heavy atom. The number of carbonyl (C=O) groups excluding carboxylic acids is 1. The Hall–Kier alpha value is -1.75. The molecule has 1 saturated heterocycles. The number of benzene rings is 1. The quantitative estimate of drug-likeness (QED) is 0.748. The molecule has 0 aliphatic carbocycles. The molecule has 1 fully saturated rings. The van der Waals surface area contributed by atoms with Crippen molar-refractivity contribution in [3.63, 3.8) is 0 Å². The molecular weight excluding hydrogens is 308 g/mol. The molecular formula is C13H10F4N2OS. The number of rotatable bonds is 1. The van der Waals surface area contributed by atoms with Gasteiger partial charge in [-0.15, -0.1) is 0 Å². The first kappa shape index (κ1) is 15.6. The highest BCUT2D eigenvalue weighted by molar-refractivity contribution is 7.99. The standard InChI is InChI=1S/C13H10F4N2OS/c14-8-1-2-10(11(5-8)13(15,16)17)12(20)19-3-4-21-7-9(19)6-18/h1-2,5,9H,3-4,7H2/t9-/m1/s1. The first-order valence-electron chi connectivity index (χ1n) is 5.99. The van der Waals surface area contributed by atoms with Crippen LogP contribution in [-0.4, -0.2) is 34.9 Å². The molecule has 0 spiro atoms. The van der Waals surface area contributed by atoms with E-state index in [1.54, 1.807) is 0 Å². The van der Waals surface area contributed by atoms with Crippen molar-refractivity contribution in [2.75, 3.05) is 18.1 Å². The Bertz CT molecular complexity index is 597. The third-order valence-electron chi connectivity index (χ3n) is 3.06. The molecule has 8 heteroatoms. The number of nitrogens with zero attached hydrogens (tertiary/aromatic N) is 2. The minimum absolute atomic E-state index is 0.191. The smallest absolute Gasteiger partial charge is 0.321 e. The average molecular weight is 318 g/mol. The van der Waals surface area contributed by atoms with Crippen LogP contribution in [0.25, 0.3) is 0 Å². The molecule has 0 bridgehead atoms. The molecule has 3 nitrogen and oxygen atoms in total. The Labute approximate surface area is 122 Å². The molecule has 0 saturated carbocycles. The predicted molar refractivity (Wildman–Crippen MR) is 69.2 cm³/mol. The van der Waals surface area contributed by atoms with Crippen molar-refractivity contribution >= 4 is 17.7 Å². The highest BCUT2D eigenvalue weighted by atomic mass is 32.2. The van der Waals surface area contributed by atoms with E-state index in [-0.39, 0.29) is 6.54 Å². The fourth-order valence-electron chi connectivity index (χ4n) is 2.05. The van der Waals surface area contributed by atoms with Crippen molar-refractivity contribution in [1.29, 1.82) is 5.26 Å². The molecule has 1 aromatic rings. The van der Waals surface area contributed by atoms with E-state index >= 15 is 0 Å². The lowest BCUT2D eigenvalue weighted by Gasteiger charge is -2.31. The molecule has 112 valence electrons. The lowest BCUT2D eigenvalue weighted by atomic mass is 10.0. The maximum absolute atomic E-state index is 13.0. The van der Waals surface area contributed by atoms with Gasteiger partial charge in [-0.2, -0.15) is 30.2 Å². The summed E-state index contributed by atoms with van der Waals surface area (Å²) in [6.07, 6.45) is -4.83. The molecule has 1 amide bonds. The van der Waals surface area contributed by atoms with Crippen molar-refractivity contribution < 1.29 is 22.4 Å². The fourth-order valence-corrected chi connectivity index (χ4v) is 3.02. The largest absolute Gasteiger partial charge is 0.417 e. The monoisotopic (exact) mass is 318 g/mol. The number of hydrogen-bond acceptors (Lipinski definition) is 3. The molecule has 1 aliphatic heterocycles. The minimum Gasteiger partial charge on any atom is -0.321 e. The molecule has 1 aromatic carbocycles. The van der Waals surface area contributed by atoms with Crippen molar-refractivity contribution in [3.8, 4) is 6.07 Å². The predicted octanol–water partition coefficient (Wildman–Crippen LogP) is 2.93. The second-order valence-electron chi connectivity index (χ2n) is 4.41. The lowest BCUT2D eigenvalue weighted by Crippen LogP contribution is -2.45. The maximum atomic E-state index is 13.0. The number of hydrogen-bond donors (Lipinski definition) is 0. The summed E-state index contributed by atoms with van der Waals surface area (Å²) in [5, 5.41) is 8.99. The van der Waals surface area contributed by atoms with Gasteiger partial charge in [0, 0.05) is 18.1 Å². The van der Waals surface area contributed by atoms with Gasteiger partial charge in [-0.25, -0.2) is 4.39 Å². The number of alkyl halides is 3. The van der Waals surface area contributed by atoms with Gasteiger partial charge in [0.25, 0.3) is 5.91 Å². The van der Waals surface area contributed by atoms with Gasteiger partial charge >= 0.3 is 6.18 Å². The highest BCUT2D eigenvalue weighted by Crippen LogP contribution is 2.33. The summed E-state index contributed by atoms with van der Waals surface area (Å²) in [5.74, 6) is -1.06. The van der Waals surface area contributed by atoms with Crippen LogP contribution >= 0.6 is 11.8 Å². The van der Waals surface area contributed by atoms with Gasteiger partial charge in [0.05, 0.1) is 17.2 Å². The van der Waals surface area contributed by atoms with Gasteiger partial charge in [0.15, 0.2) is 0 Å². The van der Waals surface area contributed by atoms with Crippen LogP contribution in [0.5, 0.6) is 0 Å². The van der Waals surface area contributed by atoms with Gasteiger partial charge < -0.3 is 4.90 Å². The van der Waals surface area contributed by atoms with E-state index in [0.717, 1.165) is 17.0 Å². The van der Waals surface area contributed by atoms with Crippen LogP contribution in [0.3, 0.4) is 0 Å². The van der Waals surface area contributed by atoms with Crippen LogP contribution in [-0.2, 0) is 6.18 Å². The summed E-state index contributed by atoms with van der Waals surface area (Å²) in [5.41, 5.74) is -1.95. The Morgan fingerprint density at radius 3 is 2.76 bits per heavy atom. The van der Waals surface area contributed by atoms with Crippen LogP contribution in [0.2, 0.25) is 0 Å². The third kappa shape index (κ3) is 3.29. The van der Waals surface area contributed by atoms with E-state index in [0.29, 0.717) is 17.6 Å². The van der Waals surface area contributed by atoms with Gasteiger partial charge in [-0.3, -0.25) is 4.79 Å². The number of nitriles is 1. The molecule has 1 heterocycles. The maximum Gasteiger partial charge on any atom is 0.417 e. The Kier molecular flexibility index (Phi) is 4.42. The molecule has 0 aromatic heterocycles. The number of thioether (sulfide) groups is 1. The molecule has 2 rings (SSSR count). The van der Waals surface area contributed by atoms with Gasteiger partial charge in [0.1, 0.15) is 11.9 Å². The van der Waals surface area contributed by atoms with Crippen molar-refractivity contribution in [3.05, 3.63) is 35.1 Å². The van der Waals surface area contributed by atoms with Crippen LogP contribution in [0.4, 0.5) is 17.6 Å². The van der Waals surface area contributed by atoms with Gasteiger partial charge in [0.2, 0.25) is 0 Å². The summed E-state index contributed by atoms with van der Waals surface area (Å²) < 4.78 is 51.8. The van der Waals surface area contributed by atoms with Crippen molar-refractivity contribution in [1.82, 2.24) is 4.90 Å². The molecule has 21 heavy (non-hydrogen) atoms. The summed E-state index contributed by atoms with van der Waals surface area (Å²) in [6, 6.07) is 3.05. The van der Waals surface area contributed by atoms with Crippen LogP contribution in [0.15, 0.2) is 18.2 Å². The molecule has 1 atom stereocenters. The number of amides is 1. The third-order valence-corrected chi connectivity index (χ3v) is 4.08. The second-order valence-corrected chi connectivity index (χ2v) is 5.56. The van der Waals surface area contributed by atoms with E-state index in [1.807, 2.05) is 6.07 Å². The summed E-state index contributed by atoms with van der Waals surface area (Å²) in [7, 11) is 0. The zero-order valence-corrected chi connectivity index (χ0v) is 11.5. The molecule has 0 N–H and O–H groups in total. The second kappa shape index (κ2) is 5.93. The summed E-state index contributed by atoms with van der Waals surface area (Å²) in [4.78, 5) is 13.4. The summed E-state index contributed by atoms with van der Waals surface area (Å²) in [6.45, 7) is 0.191. The number of halogens is 4. The van der Waals surface area contributed by atoms with E-state index < -0.39 is 35.1 Å². The van der Waals surface area contributed by atoms with Crippen molar-refractivity contribution in [2.24, 2.45) is 0 Å². The summed E-state index contributed by atoms with van der Waals surface area (Å²) >= 11 is 1.46. The Balaban J connectivity index is 2.42. The lowest BCUT2D eigenvalue weighted by molar-refractivity contribution is -0.138. The topological polar surface area (TPSA) is 44.1 Å². The van der Waals surface area contributed by atoms with E-state index in [9.17, 15) is 22.4 Å². The fraction of sp³-hybridized carbons (Fsp3) is 0.385. The van der Waals surface area contributed by atoms with Crippen LogP contribution in [0.1, 0.15) is 15.9 Å². The first-order valence-corrected chi connectivity index (χ1v) is 7.15. The van der Waals surface area contributed by atoms with Crippen molar-refractivity contribution in [2.45, 2.75) is 12.2 Å². The zero-order chi connectivity index (χ0) is 15.6. The molecule has 0 unspecified atom stereocenters. The van der Waals surface area contributed by atoms with Gasteiger partial charge in [-0.05, 0) is 18.2 Å².